The van der Waals surface area contributed by atoms with Crippen LogP contribution in [0.15, 0.2) is 4.90 Å². The number of aromatic nitrogens is 1. The number of nitrogens with two attached hydrogens (primary N) is 1. The summed E-state index contributed by atoms with van der Waals surface area (Å²) >= 11 is 3.12. The molecular formula is C11H20N4S2. The van der Waals surface area contributed by atoms with E-state index in [1.807, 2.05) is 6.26 Å². The molecule has 0 bridgehead atoms. The van der Waals surface area contributed by atoms with Gasteiger partial charge in [0, 0.05) is 12.6 Å². The number of nitrogens with one attached hydrogen (secondary N) is 1. The summed E-state index contributed by atoms with van der Waals surface area (Å²) in [7, 11) is 0. The number of likely N-dealkylation sites (tertiary alicyclic amines) is 1. The fourth-order valence-electron chi connectivity index (χ4n) is 2.16. The molecule has 1 atom stereocenters. The van der Waals surface area contributed by atoms with Crippen LogP contribution in [0.25, 0.3) is 0 Å². The van der Waals surface area contributed by atoms with Gasteiger partial charge in [-0.1, -0.05) is 0 Å². The quantitative estimate of drug-likeness (QED) is 0.806. The van der Waals surface area contributed by atoms with Crippen LogP contribution in [-0.4, -0.2) is 41.2 Å². The Morgan fingerprint density at radius 3 is 2.88 bits per heavy atom. The Labute approximate surface area is 111 Å². The van der Waals surface area contributed by atoms with E-state index in [0.717, 1.165) is 16.4 Å². The molecule has 0 spiro atoms. The summed E-state index contributed by atoms with van der Waals surface area (Å²) in [6, 6.07) is 0.579. The van der Waals surface area contributed by atoms with Crippen LogP contribution in [0.2, 0.25) is 0 Å². The summed E-state index contributed by atoms with van der Waals surface area (Å²) in [5.74, 6) is 0.652. The van der Waals surface area contributed by atoms with Gasteiger partial charge in [0.05, 0.1) is 4.90 Å². The van der Waals surface area contributed by atoms with Crippen molar-refractivity contribution in [2.24, 2.45) is 0 Å². The number of rotatable bonds is 5. The second-order valence-electron chi connectivity index (χ2n) is 4.40. The Bertz CT molecular complexity index is 360. The molecule has 0 amide bonds. The van der Waals surface area contributed by atoms with Crippen LogP contribution in [0, 0.1) is 0 Å². The molecule has 1 fully saturated rings. The normalized spacial score (nSPS) is 18.5. The van der Waals surface area contributed by atoms with Crippen molar-refractivity contribution in [1.82, 2.24) is 9.27 Å². The molecule has 3 N–H and O–H groups in total. The number of nitrogens with zero attached hydrogens (tertiary/aromatic N) is 2. The average molecular weight is 272 g/mol. The van der Waals surface area contributed by atoms with Gasteiger partial charge in [0.1, 0.15) is 5.00 Å². The lowest BCUT2D eigenvalue weighted by Crippen LogP contribution is -2.35. The number of nitrogen functional groups attached to an aromatic ring is 1. The van der Waals surface area contributed by atoms with Crippen molar-refractivity contribution in [3.05, 3.63) is 0 Å². The zero-order valence-corrected chi connectivity index (χ0v) is 12.0. The number of hydrogen-bond acceptors (Lipinski definition) is 6. The predicted molar refractivity (Wildman–Crippen MR) is 77.1 cm³/mol. The van der Waals surface area contributed by atoms with Crippen LogP contribution >= 0.6 is 23.3 Å². The maximum Gasteiger partial charge on any atom is 0.153 e. The summed E-state index contributed by atoms with van der Waals surface area (Å²) in [4.78, 5) is 3.62. The standard InChI is InChI=1S/C11H20N4S2/c1-8(15-5-3-4-6-15)7-13-11-9(16-2)10(12)14-17-11/h8,13H,3-7H2,1-2H3,(H2,12,14). The molecule has 1 saturated heterocycles. The van der Waals surface area contributed by atoms with Crippen LogP contribution < -0.4 is 11.1 Å². The first-order valence-corrected chi connectivity index (χ1v) is 7.99. The van der Waals surface area contributed by atoms with Crippen LogP contribution in [0.3, 0.4) is 0 Å². The highest BCUT2D eigenvalue weighted by Crippen LogP contribution is 2.34. The molecule has 1 unspecified atom stereocenters. The van der Waals surface area contributed by atoms with E-state index in [1.54, 1.807) is 11.8 Å². The highest BCUT2D eigenvalue weighted by Gasteiger charge is 2.18. The molecule has 17 heavy (non-hydrogen) atoms. The minimum Gasteiger partial charge on any atom is -0.382 e. The maximum absolute atomic E-state index is 5.81. The highest BCUT2D eigenvalue weighted by atomic mass is 32.2. The third kappa shape index (κ3) is 3.05. The van der Waals surface area contributed by atoms with E-state index in [2.05, 4.69) is 21.5 Å². The fraction of sp³-hybridized carbons (Fsp3) is 0.727. The number of anilines is 2. The lowest BCUT2D eigenvalue weighted by Gasteiger charge is -2.24. The van der Waals surface area contributed by atoms with Gasteiger partial charge < -0.3 is 11.1 Å². The molecule has 0 aliphatic carbocycles. The first-order chi connectivity index (χ1) is 8.22. The molecule has 1 aromatic heterocycles. The second kappa shape index (κ2) is 5.93. The Kier molecular flexibility index (Phi) is 4.53. The van der Waals surface area contributed by atoms with Gasteiger partial charge in [0.2, 0.25) is 0 Å². The Hall–Kier alpha value is -0.460. The van der Waals surface area contributed by atoms with Crippen molar-refractivity contribution in [2.45, 2.75) is 30.7 Å². The third-order valence-corrected chi connectivity index (χ3v) is 4.97. The fourth-order valence-corrected chi connectivity index (χ4v) is 3.70. The number of thioether (sulfide) groups is 1. The van der Waals surface area contributed by atoms with Crippen LogP contribution in [0.5, 0.6) is 0 Å². The van der Waals surface area contributed by atoms with Crippen molar-refractivity contribution < 1.29 is 0 Å². The van der Waals surface area contributed by atoms with Crippen molar-refractivity contribution in [3.8, 4) is 0 Å². The van der Waals surface area contributed by atoms with E-state index in [9.17, 15) is 0 Å². The van der Waals surface area contributed by atoms with Gasteiger partial charge in [-0.3, -0.25) is 4.90 Å². The van der Waals surface area contributed by atoms with Crippen LogP contribution in [0.1, 0.15) is 19.8 Å². The molecule has 2 heterocycles. The molecule has 96 valence electrons. The van der Waals surface area contributed by atoms with Crippen molar-refractivity contribution in [3.63, 3.8) is 0 Å². The zero-order chi connectivity index (χ0) is 12.3. The summed E-state index contributed by atoms with van der Waals surface area (Å²) in [6.45, 7) is 5.72. The smallest absolute Gasteiger partial charge is 0.153 e. The zero-order valence-electron chi connectivity index (χ0n) is 10.4. The molecule has 6 heteroatoms. The van der Waals surface area contributed by atoms with Gasteiger partial charge in [-0.05, 0) is 50.6 Å². The summed E-state index contributed by atoms with van der Waals surface area (Å²) in [5.41, 5.74) is 5.81. The average Bonchev–Trinajstić information content (AvgIpc) is 2.95. The molecule has 1 aromatic rings. The van der Waals surface area contributed by atoms with Crippen LogP contribution in [0.4, 0.5) is 10.8 Å². The third-order valence-electron chi connectivity index (χ3n) is 3.20. The van der Waals surface area contributed by atoms with E-state index < -0.39 is 0 Å². The van der Waals surface area contributed by atoms with Gasteiger partial charge >= 0.3 is 0 Å². The molecule has 0 aromatic carbocycles. The maximum atomic E-state index is 5.81. The van der Waals surface area contributed by atoms with Crippen molar-refractivity contribution in [1.29, 1.82) is 0 Å². The van der Waals surface area contributed by atoms with Crippen molar-refractivity contribution in [2.75, 3.05) is 36.9 Å². The van der Waals surface area contributed by atoms with Gasteiger partial charge in [-0.25, -0.2) is 0 Å². The monoisotopic (exact) mass is 272 g/mol. The summed E-state index contributed by atoms with van der Waals surface area (Å²) in [5, 5.41) is 4.59. The molecule has 2 rings (SSSR count). The van der Waals surface area contributed by atoms with E-state index >= 15 is 0 Å². The summed E-state index contributed by atoms with van der Waals surface area (Å²) in [6.07, 6.45) is 4.72. The van der Waals surface area contributed by atoms with Gasteiger partial charge in [-0.2, -0.15) is 4.37 Å². The lowest BCUT2D eigenvalue weighted by atomic mass is 10.3. The van der Waals surface area contributed by atoms with E-state index in [4.69, 9.17) is 5.73 Å². The summed E-state index contributed by atoms with van der Waals surface area (Å²) < 4.78 is 4.19. The molecule has 1 aliphatic rings. The lowest BCUT2D eigenvalue weighted by molar-refractivity contribution is 0.269. The van der Waals surface area contributed by atoms with E-state index in [0.29, 0.717) is 11.9 Å². The molecule has 4 nitrogen and oxygen atoms in total. The first kappa shape index (κ1) is 13.0. The van der Waals surface area contributed by atoms with Gasteiger partial charge in [0.25, 0.3) is 0 Å². The highest BCUT2D eigenvalue weighted by molar-refractivity contribution is 7.99. The molecule has 0 radical (unpaired) electrons. The molecule has 1 aliphatic heterocycles. The molecule has 0 saturated carbocycles. The topological polar surface area (TPSA) is 54.2 Å². The first-order valence-electron chi connectivity index (χ1n) is 5.99. The SMILES string of the molecule is CSc1c(N)nsc1NCC(C)N1CCCC1. The van der Waals surface area contributed by atoms with E-state index in [1.165, 1.54) is 37.5 Å². The van der Waals surface area contributed by atoms with Crippen LogP contribution in [-0.2, 0) is 0 Å². The Balaban J connectivity index is 1.88. The number of hydrogen-bond donors (Lipinski definition) is 2. The molecular weight excluding hydrogens is 252 g/mol. The Morgan fingerprint density at radius 1 is 1.53 bits per heavy atom. The minimum atomic E-state index is 0.579. The predicted octanol–water partition coefficient (Wildman–Crippen LogP) is 2.34. The minimum absolute atomic E-state index is 0.579. The van der Waals surface area contributed by atoms with E-state index in [-0.39, 0.29) is 0 Å². The second-order valence-corrected chi connectivity index (χ2v) is 5.99. The van der Waals surface area contributed by atoms with Gasteiger partial charge in [0.15, 0.2) is 5.82 Å². The largest absolute Gasteiger partial charge is 0.382 e. The van der Waals surface area contributed by atoms with Crippen molar-refractivity contribution >= 4 is 34.1 Å². The Morgan fingerprint density at radius 2 is 2.24 bits per heavy atom. The van der Waals surface area contributed by atoms with Gasteiger partial charge in [-0.15, -0.1) is 11.8 Å².